The first-order valence-electron chi connectivity index (χ1n) is 6.90. The number of hydrogen-bond acceptors (Lipinski definition) is 4. The molecule has 0 atom stereocenters. The van der Waals surface area contributed by atoms with Gasteiger partial charge in [0.25, 0.3) is 11.8 Å². The van der Waals surface area contributed by atoms with Crippen molar-refractivity contribution in [1.82, 2.24) is 10.9 Å². The summed E-state index contributed by atoms with van der Waals surface area (Å²) in [6.07, 6.45) is 4.14. The van der Waals surface area contributed by atoms with Gasteiger partial charge in [-0.05, 0) is 29.8 Å². The van der Waals surface area contributed by atoms with E-state index < -0.39 is 5.91 Å². The molecule has 7 heteroatoms. The van der Waals surface area contributed by atoms with Gasteiger partial charge in [-0.3, -0.25) is 14.8 Å². The lowest BCUT2D eigenvalue weighted by Gasteiger charge is -2.01. The van der Waals surface area contributed by atoms with Crippen LogP contribution in [-0.4, -0.2) is 23.2 Å². The van der Waals surface area contributed by atoms with Crippen LogP contribution in [0, 0.1) is 0 Å². The molecular weight excluding hydrogens is 330 g/mol. The van der Waals surface area contributed by atoms with E-state index in [1.54, 1.807) is 42.5 Å². The van der Waals surface area contributed by atoms with E-state index in [1.807, 2.05) is 6.07 Å². The minimum Gasteiger partial charge on any atom is -0.288 e. The fraction of sp³-hybridized carbons (Fsp3) is 0. The first-order valence-corrected chi connectivity index (χ1v) is 7.28. The SMILES string of the molecule is O=C(C=Cc1ccc(C(=O)NN=Cc2ccccc2Cl)cc1)NO. The van der Waals surface area contributed by atoms with Crippen molar-refractivity contribution in [2.75, 3.05) is 0 Å². The van der Waals surface area contributed by atoms with E-state index in [0.29, 0.717) is 21.7 Å². The zero-order valence-corrected chi connectivity index (χ0v) is 13.2. The lowest BCUT2D eigenvalue weighted by atomic mass is 10.1. The van der Waals surface area contributed by atoms with Crippen molar-refractivity contribution in [3.8, 4) is 0 Å². The second-order valence-corrected chi connectivity index (χ2v) is 5.06. The van der Waals surface area contributed by atoms with E-state index in [4.69, 9.17) is 16.8 Å². The number of hydrogen-bond donors (Lipinski definition) is 3. The Morgan fingerprint density at radius 2 is 1.79 bits per heavy atom. The van der Waals surface area contributed by atoms with Crippen LogP contribution in [0.1, 0.15) is 21.5 Å². The van der Waals surface area contributed by atoms with Crippen LogP contribution in [0.2, 0.25) is 5.02 Å². The van der Waals surface area contributed by atoms with Crippen LogP contribution in [0.25, 0.3) is 6.08 Å². The Morgan fingerprint density at radius 3 is 2.46 bits per heavy atom. The van der Waals surface area contributed by atoms with Crippen molar-refractivity contribution in [3.05, 3.63) is 76.3 Å². The van der Waals surface area contributed by atoms with Gasteiger partial charge in [0.1, 0.15) is 0 Å². The number of hydroxylamine groups is 1. The maximum absolute atomic E-state index is 12.0. The molecule has 2 aromatic rings. The van der Waals surface area contributed by atoms with Crippen molar-refractivity contribution < 1.29 is 14.8 Å². The van der Waals surface area contributed by atoms with Gasteiger partial charge in [-0.1, -0.05) is 41.9 Å². The summed E-state index contributed by atoms with van der Waals surface area (Å²) in [6, 6.07) is 13.6. The third kappa shape index (κ3) is 5.05. The molecule has 0 unspecified atom stereocenters. The molecule has 6 nitrogen and oxygen atoms in total. The summed E-state index contributed by atoms with van der Waals surface area (Å²) in [5.74, 6) is -1.01. The van der Waals surface area contributed by atoms with Crippen molar-refractivity contribution >= 4 is 35.7 Å². The number of hydrazone groups is 1. The van der Waals surface area contributed by atoms with Gasteiger partial charge in [0, 0.05) is 22.2 Å². The first kappa shape index (κ1) is 17.4. The van der Waals surface area contributed by atoms with Crippen molar-refractivity contribution in [2.24, 2.45) is 5.10 Å². The fourth-order valence-corrected chi connectivity index (χ4v) is 1.94. The number of carbonyl (C=O) groups excluding carboxylic acids is 2. The summed E-state index contributed by atoms with van der Waals surface area (Å²) in [5.41, 5.74) is 5.71. The van der Waals surface area contributed by atoms with E-state index in [0.717, 1.165) is 0 Å². The number of carbonyl (C=O) groups is 2. The van der Waals surface area contributed by atoms with E-state index in [1.165, 1.54) is 23.8 Å². The number of amides is 2. The molecule has 2 aromatic carbocycles. The van der Waals surface area contributed by atoms with Crippen LogP contribution in [0.4, 0.5) is 0 Å². The minimum atomic E-state index is -0.634. The van der Waals surface area contributed by atoms with Crippen molar-refractivity contribution in [1.29, 1.82) is 0 Å². The van der Waals surface area contributed by atoms with Gasteiger partial charge in [-0.15, -0.1) is 0 Å². The van der Waals surface area contributed by atoms with Gasteiger partial charge < -0.3 is 0 Å². The van der Waals surface area contributed by atoms with Gasteiger partial charge in [0.2, 0.25) is 0 Å². The van der Waals surface area contributed by atoms with Gasteiger partial charge in [-0.25, -0.2) is 10.9 Å². The number of nitrogens with zero attached hydrogens (tertiary/aromatic N) is 1. The normalized spacial score (nSPS) is 10.9. The monoisotopic (exact) mass is 343 g/mol. The molecule has 2 amide bonds. The Kier molecular flexibility index (Phi) is 6.24. The second kappa shape index (κ2) is 8.61. The number of halogens is 1. The molecule has 122 valence electrons. The molecule has 0 aromatic heterocycles. The zero-order valence-electron chi connectivity index (χ0n) is 12.4. The highest BCUT2D eigenvalue weighted by atomic mass is 35.5. The molecule has 0 aliphatic rings. The highest BCUT2D eigenvalue weighted by Crippen LogP contribution is 2.12. The van der Waals surface area contributed by atoms with E-state index >= 15 is 0 Å². The zero-order chi connectivity index (χ0) is 17.4. The summed E-state index contributed by atoms with van der Waals surface area (Å²) in [7, 11) is 0. The average Bonchev–Trinajstić information content (AvgIpc) is 2.61. The Labute approximate surface area is 143 Å². The molecule has 0 spiro atoms. The Balaban J connectivity index is 1.96. The second-order valence-electron chi connectivity index (χ2n) is 4.65. The molecule has 0 saturated carbocycles. The molecule has 0 bridgehead atoms. The molecule has 24 heavy (non-hydrogen) atoms. The Bertz CT molecular complexity index is 786. The average molecular weight is 344 g/mol. The van der Waals surface area contributed by atoms with Gasteiger partial charge in [-0.2, -0.15) is 5.10 Å². The third-order valence-electron chi connectivity index (χ3n) is 2.99. The predicted octanol–water partition coefficient (Wildman–Crippen LogP) is 2.62. The molecule has 0 fully saturated rings. The van der Waals surface area contributed by atoms with Crippen LogP contribution >= 0.6 is 11.6 Å². The lowest BCUT2D eigenvalue weighted by molar-refractivity contribution is -0.124. The van der Waals surface area contributed by atoms with Crippen LogP contribution in [0.5, 0.6) is 0 Å². The highest BCUT2D eigenvalue weighted by Gasteiger charge is 2.03. The maximum atomic E-state index is 12.0. The molecule has 3 N–H and O–H groups in total. The summed E-state index contributed by atoms with van der Waals surface area (Å²) in [6.45, 7) is 0. The van der Waals surface area contributed by atoms with E-state index in [2.05, 4.69) is 10.5 Å². The fourth-order valence-electron chi connectivity index (χ4n) is 1.76. The molecule has 2 rings (SSSR count). The number of benzene rings is 2. The molecular formula is C17H14ClN3O3. The smallest absolute Gasteiger partial charge is 0.271 e. The minimum absolute atomic E-state index is 0.373. The summed E-state index contributed by atoms with van der Waals surface area (Å²) in [5, 5.41) is 12.8. The van der Waals surface area contributed by atoms with Crippen molar-refractivity contribution in [2.45, 2.75) is 0 Å². The Hall–Kier alpha value is -2.96. The van der Waals surface area contributed by atoms with Crippen LogP contribution in [-0.2, 0) is 4.79 Å². The highest BCUT2D eigenvalue weighted by molar-refractivity contribution is 6.33. The third-order valence-corrected chi connectivity index (χ3v) is 3.33. The van der Waals surface area contributed by atoms with Crippen LogP contribution in [0.3, 0.4) is 0 Å². The molecule has 0 radical (unpaired) electrons. The standard InChI is InChI=1S/C17H14ClN3O3/c18-15-4-2-1-3-14(15)11-19-20-17(23)13-8-5-12(6-9-13)7-10-16(22)21-24/h1-11,24H,(H,20,23)(H,21,22). The topological polar surface area (TPSA) is 90.8 Å². The Morgan fingerprint density at radius 1 is 1.08 bits per heavy atom. The largest absolute Gasteiger partial charge is 0.288 e. The summed E-state index contributed by atoms with van der Waals surface area (Å²) >= 11 is 5.98. The van der Waals surface area contributed by atoms with Crippen molar-refractivity contribution in [3.63, 3.8) is 0 Å². The van der Waals surface area contributed by atoms with Gasteiger partial charge in [0.05, 0.1) is 6.21 Å². The van der Waals surface area contributed by atoms with Gasteiger partial charge >= 0.3 is 0 Å². The van der Waals surface area contributed by atoms with Crippen LogP contribution in [0.15, 0.2) is 59.7 Å². The summed E-state index contributed by atoms with van der Waals surface area (Å²) < 4.78 is 0. The molecule has 0 aliphatic heterocycles. The maximum Gasteiger partial charge on any atom is 0.271 e. The predicted molar refractivity (Wildman–Crippen MR) is 91.9 cm³/mol. The first-order chi connectivity index (χ1) is 11.6. The lowest BCUT2D eigenvalue weighted by Crippen LogP contribution is -2.17. The number of rotatable bonds is 5. The summed E-state index contributed by atoms with van der Waals surface area (Å²) in [4.78, 5) is 22.9. The molecule has 0 heterocycles. The van der Waals surface area contributed by atoms with Crippen LogP contribution < -0.4 is 10.9 Å². The van der Waals surface area contributed by atoms with Gasteiger partial charge in [0.15, 0.2) is 0 Å². The van der Waals surface area contributed by atoms with E-state index in [9.17, 15) is 9.59 Å². The quantitative estimate of drug-likeness (QED) is 0.337. The number of nitrogens with one attached hydrogen (secondary N) is 2. The molecule has 0 saturated heterocycles. The van der Waals surface area contributed by atoms with E-state index in [-0.39, 0.29) is 5.91 Å². The molecule has 0 aliphatic carbocycles.